The minimum Gasteiger partial charge on any atom is -0.0809 e. The van der Waals surface area contributed by atoms with Gasteiger partial charge in [-0.05, 0) is 6.42 Å². The summed E-state index contributed by atoms with van der Waals surface area (Å²) in [6, 6.07) is 4.27. The summed E-state index contributed by atoms with van der Waals surface area (Å²) >= 11 is 0. The zero-order valence-electron chi connectivity index (χ0n) is 9.56. The summed E-state index contributed by atoms with van der Waals surface area (Å²) in [5.74, 6) is 0. The zero-order chi connectivity index (χ0) is 9.03. The fraction of sp³-hybridized carbons (Fsp3) is 0.636. The van der Waals surface area contributed by atoms with Gasteiger partial charge in [0.1, 0.15) is 0 Å². The molecular weight excluding hydrogens is 183 g/mol. The number of allylic oxidation sites excluding steroid dienone is 4. The van der Waals surface area contributed by atoms with Crippen molar-refractivity contribution in [2.45, 2.75) is 45.3 Å². The van der Waals surface area contributed by atoms with Gasteiger partial charge in [0.25, 0.3) is 0 Å². The minimum atomic E-state index is -0.986. The first-order valence-corrected chi connectivity index (χ1v) is 7.77. The van der Waals surface area contributed by atoms with Crippen molar-refractivity contribution >= 4 is 8.07 Å². The molecule has 0 atom stereocenters. The molecule has 0 N–H and O–H groups in total. The third-order valence-electron chi connectivity index (χ3n) is 3.48. The van der Waals surface area contributed by atoms with Crippen molar-refractivity contribution < 1.29 is 29.6 Å². The predicted molar refractivity (Wildman–Crippen MR) is 59.0 cm³/mol. The first kappa shape index (κ1) is 13.7. The topological polar surface area (TPSA) is 0 Å². The molecule has 0 aliphatic heterocycles. The van der Waals surface area contributed by atoms with Crippen molar-refractivity contribution in [2.24, 2.45) is 0 Å². The van der Waals surface area contributed by atoms with E-state index in [0.717, 1.165) is 0 Å². The van der Waals surface area contributed by atoms with Crippen molar-refractivity contribution in [3.05, 3.63) is 23.4 Å². The van der Waals surface area contributed by atoms with E-state index in [0.29, 0.717) is 0 Å². The Morgan fingerprint density at radius 2 is 1.69 bits per heavy atom. The molecule has 68 valence electrons. The van der Waals surface area contributed by atoms with E-state index < -0.39 is 8.07 Å². The summed E-state index contributed by atoms with van der Waals surface area (Å²) in [6.45, 7) is 7.12. The molecular formula is C11H20NaSi+. The molecule has 2 heteroatoms. The van der Waals surface area contributed by atoms with Gasteiger partial charge in [-0.25, -0.2) is 0 Å². The number of hydrogen-bond acceptors (Lipinski definition) is 0. The molecule has 0 aromatic carbocycles. The third kappa shape index (κ3) is 2.82. The van der Waals surface area contributed by atoms with E-state index >= 15 is 0 Å². The summed E-state index contributed by atoms with van der Waals surface area (Å²) < 4.78 is 0. The van der Waals surface area contributed by atoms with Crippen molar-refractivity contribution in [2.75, 3.05) is 0 Å². The molecule has 0 bridgehead atoms. The summed E-state index contributed by atoms with van der Waals surface area (Å²) in [5, 5.41) is 1.79. The second-order valence-corrected chi connectivity index (χ2v) is 8.99. The van der Waals surface area contributed by atoms with Crippen LogP contribution in [0.5, 0.6) is 0 Å². The van der Waals surface area contributed by atoms with Crippen LogP contribution in [0.2, 0.25) is 18.1 Å². The summed E-state index contributed by atoms with van der Waals surface area (Å²) in [7, 11) is -0.986. The minimum absolute atomic E-state index is 0. The van der Waals surface area contributed by atoms with Crippen LogP contribution in [-0.4, -0.2) is 8.07 Å². The van der Waals surface area contributed by atoms with E-state index in [1.807, 2.05) is 0 Å². The van der Waals surface area contributed by atoms with Gasteiger partial charge in [-0.15, -0.1) is 0 Å². The largest absolute Gasteiger partial charge is 1.00 e. The van der Waals surface area contributed by atoms with Gasteiger partial charge in [0, 0.05) is 0 Å². The molecule has 0 spiro atoms. The van der Waals surface area contributed by atoms with Gasteiger partial charge < -0.3 is 0 Å². The molecule has 0 amide bonds. The van der Waals surface area contributed by atoms with E-state index in [-0.39, 0.29) is 29.6 Å². The maximum absolute atomic E-state index is 2.38. The number of hydrogen-bond donors (Lipinski definition) is 0. The molecule has 0 saturated heterocycles. The van der Waals surface area contributed by atoms with Crippen LogP contribution in [0.1, 0.15) is 27.2 Å². The summed E-state index contributed by atoms with van der Waals surface area (Å²) in [4.78, 5) is 0. The van der Waals surface area contributed by atoms with E-state index in [1.54, 1.807) is 5.20 Å². The average molecular weight is 203 g/mol. The molecule has 1 aliphatic rings. The van der Waals surface area contributed by atoms with E-state index in [4.69, 9.17) is 0 Å². The smallest absolute Gasteiger partial charge is 0.0809 e. The van der Waals surface area contributed by atoms with Crippen LogP contribution in [0.3, 0.4) is 0 Å². The standard InChI is InChI=1S/C11H20Si.Na/c1-4-12(5-2,6-3)11-9-7-8-10-11;/h7-9H,4-6,10H2,1-3H3;/q;+1. The Bertz CT molecular complexity index is 194. The fourth-order valence-corrected chi connectivity index (χ4v) is 6.13. The van der Waals surface area contributed by atoms with E-state index in [2.05, 4.69) is 39.0 Å². The zero-order valence-corrected chi connectivity index (χ0v) is 12.6. The Balaban J connectivity index is 0.00000144. The molecule has 0 fully saturated rings. The maximum atomic E-state index is 2.38. The molecule has 0 unspecified atom stereocenters. The molecule has 0 aromatic rings. The van der Waals surface area contributed by atoms with Crippen LogP contribution in [0.4, 0.5) is 0 Å². The molecule has 0 heterocycles. The normalized spacial score (nSPS) is 15.5. The van der Waals surface area contributed by atoms with Gasteiger partial charge in [-0.1, -0.05) is 62.3 Å². The van der Waals surface area contributed by atoms with Gasteiger partial charge in [-0.2, -0.15) is 0 Å². The van der Waals surface area contributed by atoms with Gasteiger partial charge in [0.2, 0.25) is 0 Å². The fourth-order valence-electron chi connectivity index (χ4n) is 2.27. The van der Waals surface area contributed by atoms with Gasteiger partial charge >= 0.3 is 29.6 Å². The molecule has 0 nitrogen and oxygen atoms in total. The average Bonchev–Trinajstić information content (AvgIpc) is 2.62. The van der Waals surface area contributed by atoms with Gasteiger partial charge in [0.15, 0.2) is 0 Å². The Morgan fingerprint density at radius 3 is 2.00 bits per heavy atom. The van der Waals surface area contributed by atoms with Crippen molar-refractivity contribution in [3.8, 4) is 0 Å². The van der Waals surface area contributed by atoms with Crippen molar-refractivity contribution in [3.63, 3.8) is 0 Å². The second kappa shape index (κ2) is 6.23. The van der Waals surface area contributed by atoms with Gasteiger partial charge in [0.05, 0.1) is 8.07 Å². The van der Waals surface area contributed by atoms with E-state index in [1.165, 1.54) is 24.6 Å². The summed E-state index contributed by atoms with van der Waals surface area (Å²) in [5.41, 5.74) is 0. The summed E-state index contributed by atoms with van der Waals surface area (Å²) in [6.07, 6.45) is 8.17. The van der Waals surface area contributed by atoms with Crippen LogP contribution in [-0.2, 0) is 0 Å². The van der Waals surface area contributed by atoms with Crippen molar-refractivity contribution in [1.82, 2.24) is 0 Å². The van der Waals surface area contributed by atoms with Gasteiger partial charge in [-0.3, -0.25) is 0 Å². The Labute approximate surface area is 106 Å². The SMILES string of the molecule is CC[Si](CC)(CC)C1=CC=CC1.[Na+]. The molecule has 13 heavy (non-hydrogen) atoms. The Kier molecular flexibility index (Phi) is 6.57. The molecule has 0 saturated carbocycles. The molecule has 0 aromatic heterocycles. The number of rotatable bonds is 4. The van der Waals surface area contributed by atoms with E-state index in [9.17, 15) is 0 Å². The van der Waals surface area contributed by atoms with Crippen LogP contribution in [0.25, 0.3) is 0 Å². The quantitative estimate of drug-likeness (QED) is 0.596. The second-order valence-electron chi connectivity index (χ2n) is 3.67. The van der Waals surface area contributed by atoms with Crippen LogP contribution in [0.15, 0.2) is 23.4 Å². The third-order valence-corrected chi connectivity index (χ3v) is 9.28. The monoisotopic (exact) mass is 203 g/mol. The molecule has 1 rings (SSSR count). The van der Waals surface area contributed by atoms with Crippen LogP contribution < -0.4 is 29.6 Å². The van der Waals surface area contributed by atoms with Crippen LogP contribution in [0, 0.1) is 0 Å². The Hall–Kier alpha value is 0.697. The Morgan fingerprint density at radius 1 is 1.15 bits per heavy atom. The molecule has 1 aliphatic carbocycles. The molecule has 0 radical (unpaired) electrons. The first-order valence-electron chi connectivity index (χ1n) is 5.15. The van der Waals surface area contributed by atoms with Crippen LogP contribution >= 0.6 is 0 Å². The van der Waals surface area contributed by atoms with Crippen molar-refractivity contribution in [1.29, 1.82) is 0 Å². The maximum Gasteiger partial charge on any atom is 1.00 e. The predicted octanol–water partition coefficient (Wildman–Crippen LogP) is 0.924. The first-order chi connectivity index (χ1) is 5.79.